The quantitative estimate of drug-likeness (QED) is 0.869. The van der Waals surface area contributed by atoms with Crippen LogP contribution in [-0.2, 0) is 6.54 Å². The van der Waals surface area contributed by atoms with E-state index in [1.165, 1.54) is 17.7 Å². The zero-order valence-electron chi connectivity index (χ0n) is 11.0. The Labute approximate surface area is 104 Å². The minimum Gasteiger partial charge on any atom is -0.497 e. The van der Waals surface area contributed by atoms with Crippen LogP contribution in [0.5, 0.6) is 5.75 Å². The predicted molar refractivity (Wildman–Crippen MR) is 71.8 cm³/mol. The topological polar surface area (TPSA) is 24.5 Å². The van der Waals surface area contributed by atoms with Gasteiger partial charge in [-0.3, -0.25) is 0 Å². The number of fused-ring (bicyclic) bond motifs is 1. The van der Waals surface area contributed by atoms with E-state index in [9.17, 15) is 0 Å². The van der Waals surface area contributed by atoms with E-state index in [-0.39, 0.29) is 0 Å². The number of nitrogens with zero attached hydrogens (tertiary/aromatic N) is 1. The lowest BCUT2D eigenvalue weighted by molar-refractivity contribution is 0.414. The summed E-state index contributed by atoms with van der Waals surface area (Å²) in [4.78, 5) is 2.46. The summed E-state index contributed by atoms with van der Waals surface area (Å²) in [7, 11) is 1.73. The second-order valence-corrected chi connectivity index (χ2v) is 4.72. The summed E-state index contributed by atoms with van der Waals surface area (Å²) < 4.78 is 5.33. The first kappa shape index (κ1) is 12.2. The largest absolute Gasteiger partial charge is 0.497 e. The monoisotopic (exact) mass is 234 g/mol. The number of ether oxygens (including phenoxy) is 1. The van der Waals surface area contributed by atoms with E-state index in [1.807, 2.05) is 6.07 Å². The van der Waals surface area contributed by atoms with Crippen molar-refractivity contribution in [1.82, 2.24) is 5.32 Å². The van der Waals surface area contributed by atoms with Gasteiger partial charge in [0.25, 0.3) is 0 Å². The fraction of sp³-hybridized carbons (Fsp3) is 0.571. The van der Waals surface area contributed by atoms with Gasteiger partial charge >= 0.3 is 0 Å². The third-order valence-electron chi connectivity index (χ3n) is 3.26. The SMILES string of the molecule is CCCN1CC(C)NCc2ccc(OC)cc21. The van der Waals surface area contributed by atoms with Crippen molar-refractivity contribution >= 4 is 5.69 Å². The van der Waals surface area contributed by atoms with Crippen LogP contribution in [0.1, 0.15) is 25.8 Å². The normalized spacial score (nSPS) is 19.7. The highest BCUT2D eigenvalue weighted by Gasteiger charge is 2.18. The first-order chi connectivity index (χ1) is 8.24. The Morgan fingerprint density at radius 3 is 3.00 bits per heavy atom. The highest BCUT2D eigenvalue weighted by Crippen LogP contribution is 2.28. The van der Waals surface area contributed by atoms with E-state index >= 15 is 0 Å². The minimum absolute atomic E-state index is 0.528. The molecule has 1 aromatic carbocycles. The van der Waals surface area contributed by atoms with Gasteiger partial charge in [0.05, 0.1) is 7.11 Å². The fourth-order valence-electron chi connectivity index (χ4n) is 2.37. The molecule has 3 nitrogen and oxygen atoms in total. The van der Waals surface area contributed by atoms with Gasteiger partial charge in [-0.25, -0.2) is 0 Å². The van der Waals surface area contributed by atoms with Crippen molar-refractivity contribution in [3.8, 4) is 5.75 Å². The highest BCUT2D eigenvalue weighted by atomic mass is 16.5. The van der Waals surface area contributed by atoms with Gasteiger partial charge in [-0.15, -0.1) is 0 Å². The molecule has 0 amide bonds. The third-order valence-corrected chi connectivity index (χ3v) is 3.26. The average molecular weight is 234 g/mol. The minimum atomic E-state index is 0.528. The van der Waals surface area contributed by atoms with Crippen LogP contribution < -0.4 is 15.0 Å². The Kier molecular flexibility index (Phi) is 3.89. The molecule has 0 saturated heterocycles. The van der Waals surface area contributed by atoms with Gasteiger partial charge < -0.3 is 15.0 Å². The number of anilines is 1. The summed E-state index contributed by atoms with van der Waals surface area (Å²) in [5, 5.41) is 3.54. The Balaban J connectivity index is 2.34. The second-order valence-electron chi connectivity index (χ2n) is 4.72. The predicted octanol–water partition coefficient (Wildman–Crippen LogP) is 2.40. The van der Waals surface area contributed by atoms with E-state index in [2.05, 4.69) is 36.2 Å². The van der Waals surface area contributed by atoms with Gasteiger partial charge in [-0.05, 0) is 25.0 Å². The number of nitrogens with one attached hydrogen (secondary N) is 1. The van der Waals surface area contributed by atoms with Gasteiger partial charge in [0.2, 0.25) is 0 Å². The molecule has 3 heteroatoms. The van der Waals surface area contributed by atoms with Crippen molar-refractivity contribution in [2.75, 3.05) is 25.1 Å². The molecule has 1 atom stereocenters. The maximum Gasteiger partial charge on any atom is 0.120 e. The van der Waals surface area contributed by atoms with Crippen molar-refractivity contribution in [3.05, 3.63) is 23.8 Å². The fourth-order valence-corrected chi connectivity index (χ4v) is 2.37. The van der Waals surface area contributed by atoms with Gasteiger partial charge in [0, 0.05) is 37.4 Å². The number of hydrogen-bond acceptors (Lipinski definition) is 3. The van der Waals surface area contributed by atoms with Crippen LogP contribution >= 0.6 is 0 Å². The summed E-state index contributed by atoms with van der Waals surface area (Å²) >= 11 is 0. The number of methoxy groups -OCH3 is 1. The van der Waals surface area contributed by atoms with Crippen LogP contribution in [0.4, 0.5) is 5.69 Å². The third kappa shape index (κ3) is 2.72. The molecule has 0 radical (unpaired) electrons. The molecule has 0 bridgehead atoms. The molecular formula is C14H22N2O. The molecule has 17 heavy (non-hydrogen) atoms. The molecule has 1 aromatic rings. The van der Waals surface area contributed by atoms with Crippen molar-refractivity contribution in [2.45, 2.75) is 32.9 Å². The molecule has 1 heterocycles. The standard InChI is InChI=1S/C14H22N2O/c1-4-7-16-10-11(2)15-9-12-5-6-13(17-3)8-14(12)16/h5-6,8,11,15H,4,7,9-10H2,1-3H3. The molecule has 94 valence electrons. The molecule has 1 aliphatic heterocycles. The van der Waals surface area contributed by atoms with Crippen LogP contribution in [0.3, 0.4) is 0 Å². The molecule has 1 N–H and O–H groups in total. The van der Waals surface area contributed by atoms with E-state index < -0.39 is 0 Å². The maximum atomic E-state index is 5.33. The molecule has 1 aliphatic rings. The summed E-state index contributed by atoms with van der Waals surface area (Å²) in [6.45, 7) is 7.58. The lowest BCUT2D eigenvalue weighted by Crippen LogP contribution is -2.36. The number of hydrogen-bond donors (Lipinski definition) is 1. The molecular weight excluding hydrogens is 212 g/mol. The molecule has 0 aliphatic carbocycles. The Hall–Kier alpha value is -1.22. The van der Waals surface area contributed by atoms with Crippen molar-refractivity contribution in [2.24, 2.45) is 0 Å². The first-order valence-electron chi connectivity index (χ1n) is 6.39. The van der Waals surface area contributed by atoms with E-state index in [1.54, 1.807) is 7.11 Å². The molecule has 0 saturated carbocycles. The lowest BCUT2D eigenvalue weighted by atomic mass is 10.1. The van der Waals surface area contributed by atoms with Crippen LogP contribution in [0.2, 0.25) is 0 Å². The Morgan fingerprint density at radius 2 is 2.29 bits per heavy atom. The average Bonchev–Trinajstić information content (AvgIpc) is 2.49. The van der Waals surface area contributed by atoms with Crippen LogP contribution in [0, 0.1) is 0 Å². The van der Waals surface area contributed by atoms with E-state index in [0.717, 1.165) is 25.4 Å². The summed E-state index contributed by atoms with van der Waals surface area (Å²) in [5.74, 6) is 0.944. The van der Waals surface area contributed by atoms with Gasteiger partial charge in [0.15, 0.2) is 0 Å². The van der Waals surface area contributed by atoms with E-state index in [4.69, 9.17) is 4.74 Å². The number of rotatable bonds is 3. The van der Waals surface area contributed by atoms with Gasteiger partial charge in [0.1, 0.15) is 5.75 Å². The molecule has 0 spiro atoms. The molecule has 0 aromatic heterocycles. The van der Waals surface area contributed by atoms with Crippen molar-refractivity contribution < 1.29 is 4.74 Å². The zero-order chi connectivity index (χ0) is 12.3. The Bertz CT molecular complexity index is 378. The van der Waals surface area contributed by atoms with Crippen LogP contribution in [0.25, 0.3) is 0 Å². The van der Waals surface area contributed by atoms with Crippen molar-refractivity contribution in [1.29, 1.82) is 0 Å². The van der Waals surface area contributed by atoms with Crippen molar-refractivity contribution in [3.63, 3.8) is 0 Å². The maximum absolute atomic E-state index is 5.33. The molecule has 2 rings (SSSR count). The molecule has 0 fully saturated rings. The summed E-state index contributed by atoms with van der Waals surface area (Å²) in [6, 6.07) is 6.90. The van der Waals surface area contributed by atoms with Crippen LogP contribution in [-0.4, -0.2) is 26.2 Å². The van der Waals surface area contributed by atoms with Gasteiger partial charge in [-0.2, -0.15) is 0 Å². The number of benzene rings is 1. The van der Waals surface area contributed by atoms with E-state index in [0.29, 0.717) is 6.04 Å². The zero-order valence-corrected chi connectivity index (χ0v) is 11.0. The second kappa shape index (κ2) is 5.41. The van der Waals surface area contributed by atoms with Gasteiger partial charge in [-0.1, -0.05) is 13.0 Å². The smallest absolute Gasteiger partial charge is 0.120 e. The molecule has 1 unspecified atom stereocenters. The first-order valence-corrected chi connectivity index (χ1v) is 6.39. The summed E-state index contributed by atoms with van der Waals surface area (Å²) in [5.41, 5.74) is 2.69. The Morgan fingerprint density at radius 1 is 1.47 bits per heavy atom. The highest BCUT2D eigenvalue weighted by molar-refractivity contribution is 5.58. The van der Waals surface area contributed by atoms with Crippen LogP contribution in [0.15, 0.2) is 18.2 Å². The lowest BCUT2D eigenvalue weighted by Gasteiger charge is -2.26. The summed E-state index contributed by atoms with van der Waals surface area (Å²) in [6.07, 6.45) is 1.17.